The van der Waals surface area contributed by atoms with E-state index in [1.165, 1.54) is 0 Å². The highest BCUT2D eigenvalue weighted by molar-refractivity contribution is 7.16. The maximum absolute atomic E-state index is 13.1. The summed E-state index contributed by atoms with van der Waals surface area (Å²) in [7, 11) is 0. The second-order valence-corrected chi connectivity index (χ2v) is 9.26. The molecular formula is C24H22N6O3S. The number of amides is 2. The summed E-state index contributed by atoms with van der Waals surface area (Å²) in [5.41, 5.74) is 2.47. The number of β-amino-alcohol motifs (C(OH)–C–C–N with tert-alkyl or cyclic N) is 1. The van der Waals surface area contributed by atoms with Crippen LogP contribution in [0.4, 0.5) is 5.95 Å². The molecule has 0 radical (unpaired) electrons. The van der Waals surface area contributed by atoms with Crippen LogP contribution in [0, 0.1) is 0 Å². The normalized spacial score (nSPS) is 17.4. The molecule has 1 fully saturated rings. The van der Waals surface area contributed by atoms with E-state index >= 15 is 0 Å². The lowest BCUT2D eigenvalue weighted by Crippen LogP contribution is -2.47. The third-order valence-electron chi connectivity index (χ3n) is 6.40. The Kier molecular flexibility index (Phi) is 5.13. The molecule has 9 nitrogen and oxygen atoms in total. The summed E-state index contributed by atoms with van der Waals surface area (Å²) in [5.74, 6) is -0.341. The van der Waals surface area contributed by atoms with Crippen LogP contribution in [0.3, 0.4) is 0 Å². The number of fused-ring (bicyclic) bond motifs is 2. The van der Waals surface area contributed by atoms with Gasteiger partial charge in [0, 0.05) is 55.3 Å². The number of piperazine rings is 1. The number of aromatic amines is 1. The lowest BCUT2D eigenvalue weighted by atomic mass is 9.97. The number of thiophene rings is 1. The van der Waals surface area contributed by atoms with Gasteiger partial charge in [-0.25, -0.2) is 9.97 Å². The Balaban J connectivity index is 1.52. The van der Waals surface area contributed by atoms with Crippen molar-refractivity contribution in [1.29, 1.82) is 0 Å². The Morgan fingerprint density at radius 3 is 2.59 bits per heavy atom. The lowest BCUT2D eigenvalue weighted by molar-refractivity contribution is -0.122. The minimum absolute atomic E-state index is 0.132. The largest absolute Gasteiger partial charge is 0.395 e. The maximum Gasteiger partial charge on any atom is 0.261 e. The van der Waals surface area contributed by atoms with Gasteiger partial charge < -0.3 is 15.0 Å². The quantitative estimate of drug-likeness (QED) is 0.378. The molecule has 5 heterocycles. The number of para-hydroxylation sites is 1. The number of anilines is 1. The molecular weight excluding hydrogens is 452 g/mol. The van der Waals surface area contributed by atoms with Gasteiger partial charge in [0.15, 0.2) is 0 Å². The van der Waals surface area contributed by atoms with Gasteiger partial charge in [0.1, 0.15) is 4.83 Å². The van der Waals surface area contributed by atoms with Gasteiger partial charge in [0.05, 0.1) is 29.0 Å². The Bertz CT molecular complexity index is 1460. The predicted octanol–water partition coefficient (Wildman–Crippen LogP) is 1.85. The molecule has 34 heavy (non-hydrogen) atoms. The van der Waals surface area contributed by atoms with Crippen LogP contribution in [-0.4, -0.2) is 76.1 Å². The Hall–Kier alpha value is -3.60. The number of aliphatic hydroxyl groups is 1. The average molecular weight is 475 g/mol. The van der Waals surface area contributed by atoms with E-state index in [9.17, 15) is 14.7 Å². The second kappa shape index (κ2) is 8.32. The third kappa shape index (κ3) is 3.38. The van der Waals surface area contributed by atoms with Gasteiger partial charge in [-0.05, 0) is 17.5 Å². The zero-order valence-corrected chi connectivity index (χ0v) is 19.1. The number of imide groups is 1. The number of carbonyl (C=O) groups is 2. The summed E-state index contributed by atoms with van der Waals surface area (Å²) in [6, 6.07) is 9.50. The summed E-state index contributed by atoms with van der Waals surface area (Å²) in [6.07, 6.45) is 1.78. The SMILES string of the molecule is O=C1NC(=O)C(c2c[nH]c3sccc23)=C1c1nc(N2CCN(CCO)CC2)nc2ccccc12. The first-order chi connectivity index (χ1) is 16.6. The number of aliphatic hydroxyl groups excluding tert-OH is 1. The standard InChI is InChI=1S/C24H22N6O3S/c31-11-10-29-6-8-30(9-7-29)24-26-17-4-2-1-3-15(17)20(27-24)19-18(21(32)28-22(19)33)16-13-25-23-14(16)5-12-34-23/h1-5,12-13,25,31H,6-11H2,(H,28,32,33). The molecule has 4 aromatic rings. The lowest BCUT2D eigenvalue weighted by Gasteiger charge is -2.34. The van der Waals surface area contributed by atoms with Crippen LogP contribution in [0.25, 0.3) is 32.3 Å². The monoisotopic (exact) mass is 474 g/mol. The van der Waals surface area contributed by atoms with Crippen LogP contribution >= 0.6 is 11.3 Å². The fourth-order valence-electron chi connectivity index (χ4n) is 4.70. The molecule has 0 atom stereocenters. The maximum atomic E-state index is 13.1. The van der Waals surface area contributed by atoms with E-state index in [0.717, 1.165) is 28.7 Å². The number of aromatic nitrogens is 3. The highest BCUT2D eigenvalue weighted by atomic mass is 32.1. The summed E-state index contributed by atoms with van der Waals surface area (Å²) < 4.78 is 0. The van der Waals surface area contributed by atoms with Crippen molar-refractivity contribution >= 4 is 61.4 Å². The average Bonchev–Trinajstić information content (AvgIpc) is 3.54. The highest BCUT2D eigenvalue weighted by Gasteiger charge is 2.36. The number of nitrogens with one attached hydrogen (secondary N) is 2. The minimum Gasteiger partial charge on any atom is -0.395 e. The van der Waals surface area contributed by atoms with Gasteiger partial charge in [-0.15, -0.1) is 11.3 Å². The number of nitrogens with zero attached hydrogens (tertiary/aromatic N) is 4. The van der Waals surface area contributed by atoms with Crippen molar-refractivity contribution in [2.45, 2.75) is 0 Å². The molecule has 6 rings (SSSR count). The smallest absolute Gasteiger partial charge is 0.261 e. The first-order valence-corrected chi connectivity index (χ1v) is 12.0. The molecule has 0 saturated carbocycles. The second-order valence-electron chi connectivity index (χ2n) is 8.34. The van der Waals surface area contributed by atoms with E-state index in [2.05, 4.69) is 20.1 Å². The topological polar surface area (TPSA) is 114 Å². The van der Waals surface area contributed by atoms with E-state index in [4.69, 9.17) is 9.97 Å². The van der Waals surface area contributed by atoms with Gasteiger partial charge in [0.25, 0.3) is 11.8 Å². The van der Waals surface area contributed by atoms with Crippen molar-refractivity contribution in [3.63, 3.8) is 0 Å². The van der Waals surface area contributed by atoms with Gasteiger partial charge in [0.2, 0.25) is 5.95 Å². The summed E-state index contributed by atoms with van der Waals surface area (Å²) in [6.45, 7) is 3.78. The zero-order chi connectivity index (χ0) is 23.2. The molecule has 0 unspecified atom stereocenters. The Morgan fingerprint density at radius 2 is 1.76 bits per heavy atom. The van der Waals surface area contributed by atoms with Gasteiger partial charge in [-0.3, -0.25) is 19.8 Å². The molecule has 2 amide bonds. The minimum atomic E-state index is -0.452. The van der Waals surface area contributed by atoms with Crippen molar-refractivity contribution in [2.24, 2.45) is 0 Å². The van der Waals surface area contributed by atoms with Crippen molar-refractivity contribution in [1.82, 2.24) is 25.2 Å². The number of hydrogen-bond acceptors (Lipinski definition) is 8. The molecule has 0 aliphatic carbocycles. The van der Waals surface area contributed by atoms with Gasteiger partial charge >= 0.3 is 0 Å². The fourth-order valence-corrected chi connectivity index (χ4v) is 5.47. The molecule has 2 aliphatic heterocycles. The fraction of sp³-hybridized carbons (Fsp3) is 0.250. The number of benzene rings is 1. The Morgan fingerprint density at radius 1 is 0.971 bits per heavy atom. The molecule has 0 spiro atoms. The molecule has 172 valence electrons. The molecule has 1 saturated heterocycles. The van der Waals surface area contributed by atoms with Gasteiger partial charge in [-0.1, -0.05) is 18.2 Å². The summed E-state index contributed by atoms with van der Waals surface area (Å²) >= 11 is 1.55. The van der Waals surface area contributed by atoms with E-state index in [1.807, 2.05) is 35.7 Å². The van der Waals surface area contributed by atoms with E-state index in [-0.39, 0.29) is 12.2 Å². The molecule has 1 aromatic carbocycles. The number of rotatable bonds is 5. The number of H-pyrrole nitrogens is 1. The molecule has 0 bridgehead atoms. The predicted molar refractivity (Wildman–Crippen MR) is 131 cm³/mol. The first-order valence-electron chi connectivity index (χ1n) is 11.1. The number of hydrogen-bond donors (Lipinski definition) is 3. The molecule has 3 aromatic heterocycles. The third-order valence-corrected chi connectivity index (χ3v) is 7.25. The van der Waals surface area contributed by atoms with Crippen LogP contribution in [-0.2, 0) is 9.59 Å². The van der Waals surface area contributed by atoms with E-state index in [0.29, 0.717) is 47.9 Å². The summed E-state index contributed by atoms with van der Waals surface area (Å²) in [4.78, 5) is 44.1. The van der Waals surface area contributed by atoms with Crippen LogP contribution < -0.4 is 10.2 Å². The number of carbonyl (C=O) groups excluding carboxylic acids is 2. The molecule has 10 heteroatoms. The van der Waals surface area contributed by atoms with Crippen LogP contribution in [0.1, 0.15) is 11.3 Å². The molecule has 3 N–H and O–H groups in total. The van der Waals surface area contributed by atoms with E-state index < -0.39 is 11.8 Å². The first kappa shape index (κ1) is 21.0. The highest BCUT2D eigenvalue weighted by Crippen LogP contribution is 2.38. The van der Waals surface area contributed by atoms with Crippen LogP contribution in [0.5, 0.6) is 0 Å². The molecule has 2 aliphatic rings. The summed E-state index contributed by atoms with van der Waals surface area (Å²) in [5, 5.41) is 15.3. The van der Waals surface area contributed by atoms with Crippen molar-refractivity contribution < 1.29 is 14.7 Å². The van der Waals surface area contributed by atoms with Crippen LogP contribution in [0.15, 0.2) is 41.9 Å². The van der Waals surface area contributed by atoms with E-state index in [1.54, 1.807) is 17.5 Å². The Labute approximate surface area is 198 Å². The van der Waals surface area contributed by atoms with Crippen molar-refractivity contribution in [3.8, 4) is 0 Å². The van der Waals surface area contributed by atoms with Crippen molar-refractivity contribution in [3.05, 3.63) is 53.2 Å². The zero-order valence-electron chi connectivity index (χ0n) is 18.2. The van der Waals surface area contributed by atoms with Crippen LogP contribution in [0.2, 0.25) is 0 Å². The van der Waals surface area contributed by atoms with Crippen molar-refractivity contribution in [2.75, 3.05) is 44.2 Å². The van der Waals surface area contributed by atoms with Gasteiger partial charge in [-0.2, -0.15) is 0 Å².